The molecule has 2 heteroatoms. The maximum Gasteiger partial charge on any atom is 0.0935 e. The van der Waals surface area contributed by atoms with E-state index < -0.39 is 0 Å². The molecule has 2 aliphatic rings. The van der Waals surface area contributed by atoms with Crippen molar-refractivity contribution in [2.24, 2.45) is 11.8 Å². The van der Waals surface area contributed by atoms with Gasteiger partial charge in [0, 0.05) is 18.0 Å². The largest absolute Gasteiger partial charge is 0.297 e. The summed E-state index contributed by atoms with van der Waals surface area (Å²) in [6.07, 6.45) is 5.01. The molecule has 0 amide bonds. The smallest absolute Gasteiger partial charge is 0.0935 e. The summed E-state index contributed by atoms with van der Waals surface area (Å²) in [5, 5.41) is 0. The normalized spacial score (nSPS) is 38.1. The third-order valence-electron chi connectivity index (χ3n) is 3.89. The number of nitrogens with zero attached hydrogens (tertiary/aromatic N) is 1. The first-order chi connectivity index (χ1) is 6.66. The van der Waals surface area contributed by atoms with E-state index in [2.05, 4.69) is 18.7 Å². The highest BCUT2D eigenvalue weighted by molar-refractivity contribution is 5.03. The molecule has 0 spiro atoms. The van der Waals surface area contributed by atoms with Gasteiger partial charge in [0.15, 0.2) is 0 Å². The molecule has 0 saturated carbocycles. The predicted octanol–water partition coefficient (Wildman–Crippen LogP) is 2.86. The molecule has 0 aliphatic carbocycles. The molecule has 0 radical (unpaired) electrons. The highest BCUT2D eigenvalue weighted by Crippen LogP contribution is 2.45. The Balaban J connectivity index is 2.06. The molecule has 2 aliphatic heterocycles. The van der Waals surface area contributed by atoms with Crippen LogP contribution in [0.5, 0.6) is 0 Å². The molecule has 82 valence electrons. The maximum atomic E-state index is 12.7. The van der Waals surface area contributed by atoms with Gasteiger partial charge >= 0.3 is 0 Å². The van der Waals surface area contributed by atoms with E-state index in [9.17, 15) is 4.39 Å². The van der Waals surface area contributed by atoms with Gasteiger partial charge in [0.1, 0.15) is 0 Å². The van der Waals surface area contributed by atoms with Crippen molar-refractivity contribution in [1.29, 1.82) is 0 Å². The minimum Gasteiger partial charge on any atom is -0.297 e. The van der Waals surface area contributed by atoms with Crippen LogP contribution in [0, 0.1) is 11.8 Å². The fraction of sp³-hybridized carbons (Fsp3) is 1.00. The van der Waals surface area contributed by atoms with Crippen molar-refractivity contribution in [2.75, 3.05) is 19.8 Å². The van der Waals surface area contributed by atoms with Gasteiger partial charge in [0.2, 0.25) is 0 Å². The van der Waals surface area contributed by atoms with E-state index in [1.165, 1.54) is 25.8 Å². The summed E-state index contributed by atoms with van der Waals surface area (Å²) in [6, 6.07) is 0. The molecule has 0 bridgehead atoms. The Morgan fingerprint density at radius 3 is 2.93 bits per heavy atom. The van der Waals surface area contributed by atoms with Gasteiger partial charge in [-0.2, -0.15) is 0 Å². The lowest BCUT2D eigenvalue weighted by Gasteiger charge is -2.33. The van der Waals surface area contributed by atoms with Crippen LogP contribution in [0.2, 0.25) is 0 Å². The Hall–Kier alpha value is -0.110. The molecule has 0 aromatic rings. The second-order valence-electron chi connectivity index (χ2n) is 5.60. The number of hydrogen-bond acceptors (Lipinski definition) is 1. The van der Waals surface area contributed by atoms with Crippen LogP contribution in [-0.4, -0.2) is 30.2 Å². The molecular formula is C12H22FN. The SMILES string of the molecule is CC(C)C[C@@]12CCCN1C[C@@H](CF)C2. The molecule has 0 unspecified atom stereocenters. The summed E-state index contributed by atoms with van der Waals surface area (Å²) in [5.41, 5.74) is 0.394. The summed E-state index contributed by atoms with van der Waals surface area (Å²) < 4.78 is 12.7. The molecule has 2 rings (SSSR count). The number of hydrogen-bond donors (Lipinski definition) is 0. The Morgan fingerprint density at radius 2 is 2.29 bits per heavy atom. The van der Waals surface area contributed by atoms with Crippen LogP contribution in [0.3, 0.4) is 0 Å². The summed E-state index contributed by atoms with van der Waals surface area (Å²) >= 11 is 0. The lowest BCUT2D eigenvalue weighted by Crippen LogP contribution is -2.39. The van der Waals surface area contributed by atoms with Gasteiger partial charge in [-0.3, -0.25) is 9.29 Å². The Bertz CT molecular complexity index is 204. The zero-order valence-corrected chi connectivity index (χ0v) is 9.43. The van der Waals surface area contributed by atoms with E-state index in [4.69, 9.17) is 0 Å². The monoisotopic (exact) mass is 199 g/mol. The summed E-state index contributed by atoms with van der Waals surface area (Å²) in [6.45, 7) is 6.69. The zero-order chi connectivity index (χ0) is 10.2. The van der Waals surface area contributed by atoms with Crippen LogP contribution in [0.4, 0.5) is 4.39 Å². The number of rotatable bonds is 3. The van der Waals surface area contributed by atoms with Crippen LogP contribution < -0.4 is 0 Å². The Kier molecular flexibility index (Phi) is 2.83. The number of fused-ring (bicyclic) bond motifs is 1. The van der Waals surface area contributed by atoms with Crippen LogP contribution in [-0.2, 0) is 0 Å². The molecular weight excluding hydrogens is 177 g/mol. The van der Waals surface area contributed by atoms with Gasteiger partial charge < -0.3 is 0 Å². The fourth-order valence-corrected chi connectivity index (χ4v) is 3.60. The predicted molar refractivity (Wildman–Crippen MR) is 57.1 cm³/mol. The number of halogens is 1. The molecule has 0 aromatic heterocycles. The lowest BCUT2D eigenvalue weighted by atomic mass is 9.83. The van der Waals surface area contributed by atoms with Gasteiger partial charge in [-0.05, 0) is 38.1 Å². The average molecular weight is 199 g/mol. The molecule has 2 saturated heterocycles. The molecule has 14 heavy (non-hydrogen) atoms. The van der Waals surface area contributed by atoms with Crippen molar-refractivity contribution in [1.82, 2.24) is 4.90 Å². The van der Waals surface area contributed by atoms with Crippen LogP contribution >= 0.6 is 0 Å². The maximum absolute atomic E-state index is 12.7. The van der Waals surface area contributed by atoms with E-state index in [1.807, 2.05) is 0 Å². The van der Waals surface area contributed by atoms with E-state index in [1.54, 1.807) is 0 Å². The van der Waals surface area contributed by atoms with Crippen LogP contribution in [0.15, 0.2) is 0 Å². The third kappa shape index (κ3) is 1.69. The first kappa shape index (κ1) is 10.4. The fourth-order valence-electron chi connectivity index (χ4n) is 3.60. The number of alkyl halides is 1. The Labute approximate surface area is 86.7 Å². The van der Waals surface area contributed by atoms with Crippen LogP contribution in [0.25, 0.3) is 0 Å². The quantitative estimate of drug-likeness (QED) is 0.675. The third-order valence-corrected chi connectivity index (χ3v) is 3.89. The minimum absolute atomic E-state index is 0.115. The lowest BCUT2D eigenvalue weighted by molar-refractivity contribution is 0.163. The topological polar surface area (TPSA) is 3.24 Å². The molecule has 2 heterocycles. The van der Waals surface area contributed by atoms with E-state index >= 15 is 0 Å². The average Bonchev–Trinajstić information content (AvgIpc) is 2.58. The van der Waals surface area contributed by atoms with Crippen molar-refractivity contribution in [2.45, 2.75) is 45.1 Å². The van der Waals surface area contributed by atoms with E-state index in [-0.39, 0.29) is 6.67 Å². The van der Waals surface area contributed by atoms with Gasteiger partial charge in [-0.25, -0.2) is 0 Å². The summed E-state index contributed by atoms with van der Waals surface area (Å²) in [7, 11) is 0. The highest BCUT2D eigenvalue weighted by Gasteiger charge is 2.47. The van der Waals surface area contributed by atoms with Crippen molar-refractivity contribution in [3.05, 3.63) is 0 Å². The molecule has 0 aromatic carbocycles. The van der Waals surface area contributed by atoms with Crippen molar-refractivity contribution < 1.29 is 4.39 Å². The zero-order valence-electron chi connectivity index (χ0n) is 9.43. The van der Waals surface area contributed by atoms with Crippen molar-refractivity contribution >= 4 is 0 Å². The van der Waals surface area contributed by atoms with Gasteiger partial charge in [0.05, 0.1) is 6.67 Å². The summed E-state index contributed by atoms with van der Waals surface area (Å²) in [5.74, 6) is 1.07. The molecule has 0 N–H and O–H groups in total. The van der Waals surface area contributed by atoms with Crippen molar-refractivity contribution in [3.8, 4) is 0 Å². The Morgan fingerprint density at radius 1 is 1.50 bits per heavy atom. The second-order valence-corrected chi connectivity index (χ2v) is 5.60. The molecule has 2 fully saturated rings. The second kappa shape index (κ2) is 3.80. The first-order valence-electron chi connectivity index (χ1n) is 5.97. The van der Waals surface area contributed by atoms with E-state index in [0.717, 1.165) is 18.9 Å². The van der Waals surface area contributed by atoms with E-state index in [0.29, 0.717) is 11.5 Å². The van der Waals surface area contributed by atoms with Gasteiger partial charge in [-0.1, -0.05) is 13.8 Å². The minimum atomic E-state index is -0.115. The van der Waals surface area contributed by atoms with Gasteiger partial charge in [0.25, 0.3) is 0 Å². The highest BCUT2D eigenvalue weighted by atomic mass is 19.1. The van der Waals surface area contributed by atoms with Crippen LogP contribution in [0.1, 0.15) is 39.5 Å². The standard InChI is InChI=1S/C12H22FN/c1-10(2)6-12-4-3-5-14(12)9-11(7-12)8-13/h10-11H,3-9H2,1-2H3/t11-,12-/m1/s1. The van der Waals surface area contributed by atoms with Gasteiger partial charge in [-0.15, -0.1) is 0 Å². The molecule has 1 nitrogen and oxygen atoms in total. The summed E-state index contributed by atoms with van der Waals surface area (Å²) in [4.78, 5) is 2.57. The first-order valence-corrected chi connectivity index (χ1v) is 5.97. The van der Waals surface area contributed by atoms with Crippen molar-refractivity contribution in [3.63, 3.8) is 0 Å². The molecule has 2 atom stereocenters.